The molecular formula is C23H25N2O+. The molecule has 0 aliphatic carbocycles. The summed E-state index contributed by atoms with van der Waals surface area (Å²) < 4.78 is 1.91. The van der Waals surface area contributed by atoms with Crippen molar-refractivity contribution in [3.8, 4) is 11.1 Å². The molecule has 0 spiro atoms. The van der Waals surface area contributed by atoms with Gasteiger partial charge in [0.25, 0.3) is 5.91 Å². The molecule has 1 N–H and O–H groups in total. The summed E-state index contributed by atoms with van der Waals surface area (Å²) in [6, 6.07) is 22.3. The van der Waals surface area contributed by atoms with Crippen molar-refractivity contribution in [1.29, 1.82) is 0 Å². The van der Waals surface area contributed by atoms with Gasteiger partial charge in [-0.3, -0.25) is 4.79 Å². The van der Waals surface area contributed by atoms with E-state index in [1.165, 1.54) is 5.56 Å². The lowest BCUT2D eigenvalue weighted by Gasteiger charge is -2.10. The zero-order chi connectivity index (χ0) is 18.4. The van der Waals surface area contributed by atoms with E-state index >= 15 is 0 Å². The van der Waals surface area contributed by atoms with E-state index in [0.29, 0.717) is 5.92 Å². The maximum Gasteiger partial charge on any atom is 0.290 e. The number of carbonyl (C=O) groups excluding carboxylic acids is 1. The number of amides is 1. The number of pyridine rings is 1. The molecule has 0 radical (unpaired) electrons. The molecular weight excluding hydrogens is 320 g/mol. The first kappa shape index (κ1) is 17.9. The van der Waals surface area contributed by atoms with E-state index in [1.807, 2.05) is 53.4 Å². The third-order valence-corrected chi connectivity index (χ3v) is 4.67. The average molecular weight is 345 g/mol. The van der Waals surface area contributed by atoms with Crippen LogP contribution in [-0.4, -0.2) is 5.91 Å². The van der Waals surface area contributed by atoms with Crippen LogP contribution in [-0.2, 0) is 11.3 Å². The minimum atomic E-state index is -0.0310. The molecule has 132 valence electrons. The van der Waals surface area contributed by atoms with Crippen LogP contribution in [0.2, 0.25) is 0 Å². The largest absolute Gasteiger partial charge is 0.321 e. The zero-order valence-corrected chi connectivity index (χ0v) is 15.4. The summed E-state index contributed by atoms with van der Waals surface area (Å²) in [6.07, 6.45) is 5.03. The van der Waals surface area contributed by atoms with Gasteiger partial charge in [0.15, 0.2) is 12.4 Å². The van der Waals surface area contributed by atoms with Crippen LogP contribution in [0.4, 0.5) is 5.69 Å². The number of anilines is 1. The molecule has 0 fully saturated rings. The smallest absolute Gasteiger partial charge is 0.290 e. The Morgan fingerprint density at radius 2 is 1.65 bits per heavy atom. The number of aromatic nitrogens is 1. The topological polar surface area (TPSA) is 33.0 Å². The van der Waals surface area contributed by atoms with Crippen LogP contribution in [0.1, 0.15) is 31.7 Å². The minimum absolute atomic E-state index is 0.0310. The highest BCUT2D eigenvalue weighted by Crippen LogP contribution is 2.20. The molecule has 0 aliphatic rings. The Bertz CT molecular complexity index is 857. The zero-order valence-electron chi connectivity index (χ0n) is 15.4. The van der Waals surface area contributed by atoms with Gasteiger partial charge in [-0.15, -0.1) is 0 Å². The summed E-state index contributed by atoms with van der Waals surface area (Å²) in [4.78, 5) is 12.4. The van der Waals surface area contributed by atoms with Gasteiger partial charge in [0.1, 0.15) is 0 Å². The van der Waals surface area contributed by atoms with Gasteiger partial charge < -0.3 is 5.32 Å². The maximum atomic E-state index is 12.4. The molecule has 0 unspecified atom stereocenters. The second-order valence-electron chi connectivity index (χ2n) is 6.61. The number of rotatable bonds is 6. The first-order chi connectivity index (χ1) is 12.7. The molecule has 3 nitrogen and oxygen atoms in total. The average Bonchev–Trinajstić information content (AvgIpc) is 2.69. The van der Waals surface area contributed by atoms with Crippen molar-refractivity contribution in [2.24, 2.45) is 0 Å². The molecule has 0 bridgehead atoms. The van der Waals surface area contributed by atoms with Gasteiger partial charge in [-0.2, -0.15) is 4.57 Å². The second-order valence-corrected chi connectivity index (χ2v) is 6.61. The van der Waals surface area contributed by atoms with E-state index < -0.39 is 0 Å². The molecule has 1 atom stereocenters. The van der Waals surface area contributed by atoms with Crippen LogP contribution in [0, 0.1) is 0 Å². The van der Waals surface area contributed by atoms with E-state index in [1.54, 1.807) is 0 Å². The first-order valence-corrected chi connectivity index (χ1v) is 9.10. The van der Waals surface area contributed by atoms with Crippen molar-refractivity contribution >= 4 is 11.6 Å². The van der Waals surface area contributed by atoms with Gasteiger partial charge in [-0.1, -0.05) is 56.3 Å². The van der Waals surface area contributed by atoms with Crippen LogP contribution in [0.5, 0.6) is 0 Å². The Balaban J connectivity index is 1.65. The van der Waals surface area contributed by atoms with Gasteiger partial charge in [-0.05, 0) is 41.7 Å². The second kappa shape index (κ2) is 8.43. The molecule has 1 aromatic heterocycles. The third-order valence-electron chi connectivity index (χ3n) is 4.67. The fourth-order valence-electron chi connectivity index (χ4n) is 2.92. The van der Waals surface area contributed by atoms with Crippen LogP contribution < -0.4 is 9.88 Å². The van der Waals surface area contributed by atoms with Crippen LogP contribution in [0.25, 0.3) is 11.1 Å². The normalized spacial score (nSPS) is 11.8. The molecule has 3 aromatic rings. The van der Waals surface area contributed by atoms with E-state index in [9.17, 15) is 4.79 Å². The summed E-state index contributed by atoms with van der Waals surface area (Å²) in [7, 11) is 0. The van der Waals surface area contributed by atoms with Crippen molar-refractivity contribution in [2.75, 3.05) is 5.32 Å². The van der Waals surface area contributed by atoms with Gasteiger partial charge >= 0.3 is 0 Å². The number of benzene rings is 2. The van der Waals surface area contributed by atoms with Crippen LogP contribution in [0.3, 0.4) is 0 Å². The Morgan fingerprint density at radius 1 is 0.962 bits per heavy atom. The van der Waals surface area contributed by atoms with Crippen molar-refractivity contribution < 1.29 is 9.36 Å². The summed E-state index contributed by atoms with van der Waals surface area (Å²) >= 11 is 0. The Kier molecular flexibility index (Phi) is 5.80. The molecule has 3 heteroatoms. The van der Waals surface area contributed by atoms with Gasteiger partial charge in [0, 0.05) is 17.3 Å². The minimum Gasteiger partial charge on any atom is -0.321 e. The number of nitrogens with zero attached hydrogens (tertiary/aromatic N) is 1. The predicted molar refractivity (Wildman–Crippen MR) is 106 cm³/mol. The van der Waals surface area contributed by atoms with Crippen molar-refractivity contribution in [3.63, 3.8) is 0 Å². The van der Waals surface area contributed by atoms with E-state index in [4.69, 9.17) is 0 Å². The summed E-state index contributed by atoms with van der Waals surface area (Å²) in [5.41, 5.74) is 4.37. The number of hydrogen-bond donors (Lipinski definition) is 1. The highest BCUT2D eigenvalue weighted by Gasteiger charge is 2.11. The third kappa shape index (κ3) is 4.57. The first-order valence-electron chi connectivity index (χ1n) is 9.10. The quantitative estimate of drug-likeness (QED) is 0.640. The maximum absolute atomic E-state index is 12.4. The van der Waals surface area contributed by atoms with Crippen molar-refractivity contribution in [2.45, 2.75) is 32.7 Å². The monoisotopic (exact) mass is 345 g/mol. The Labute approximate surface area is 155 Å². The van der Waals surface area contributed by atoms with Crippen LogP contribution in [0.15, 0.2) is 79.1 Å². The highest BCUT2D eigenvalue weighted by atomic mass is 16.1. The number of hydrogen-bond acceptors (Lipinski definition) is 1. The SMILES string of the molecule is CC[C@H](C)c1ccc(NC(=O)C[n+]2cccc(-c3ccccc3)c2)cc1. The summed E-state index contributed by atoms with van der Waals surface area (Å²) in [6.45, 7) is 4.68. The van der Waals surface area contributed by atoms with Gasteiger partial charge in [-0.25, -0.2) is 0 Å². The highest BCUT2D eigenvalue weighted by molar-refractivity contribution is 5.89. The molecule has 26 heavy (non-hydrogen) atoms. The Morgan fingerprint density at radius 3 is 2.35 bits per heavy atom. The molecule has 1 heterocycles. The molecule has 0 aliphatic heterocycles. The summed E-state index contributed by atoms with van der Waals surface area (Å²) in [5.74, 6) is 0.507. The van der Waals surface area contributed by atoms with Gasteiger partial charge in [0.05, 0.1) is 0 Å². The molecule has 1 amide bonds. The molecule has 0 saturated heterocycles. The summed E-state index contributed by atoms with van der Waals surface area (Å²) in [5, 5.41) is 2.97. The van der Waals surface area contributed by atoms with E-state index in [2.05, 4.69) is 49.5 Å². The fraction of sp³-hybridized carbons (Fsp3) is 0.217. The van der Waals surface area contributed by atoms with Crippen molar-refractivity contribution in [1.82, 2.24) is 0 Å². The fourth-order valence-corrected chi connectivity index (χ4v) is 2.92. The molecule has 0 saturated carbocycles. The lowest BCUT2D eigenvalue weighted by Crippen LogP contribution is -2.39. The van der Waals surface area contributed by atoms with Crippen LogP contribution >= 0.6 is 0 Å². The van der Waals surface area contributed by atoms with E-state index in [0.717, 1.165) is 23.2 Å². The predicted octanol–water partition coefficient (Wildman–Crippen LogP) is 4.79. The number of nitrogens with one attached hydrogen (secondary N) is 1. The Hall–Kier alpha value is -2.94. The molecule has 3 rings (SSSR count). The van der Waals surface area contributed by atoms with Gasteiger partial charge in [0.2, 0.25) is 6.54 Å². The lowest BCUT2D eigenvalue weighted by molar-refractivity contribution is -0.683. The number of carbonyl (C=O) groups is 1. The molecule has 2 aromatic carbocycles. The lowest BCUT2D eigenvalue weighted by atomic mass is 9.99. The standard InChI is InChI=1S/C23H24N2O/c1-3-18(2)19-11-13-22(14-12-19)24-23(26)17-25-15-7-10-21(16-25)20-8-5-4-6-9-20/h4-16,18H,3,17H2,1-2H3/p+1/t18-/m0/s1. The van der Waals surface area contributed by atoms with E-state index in [-0.39, 0.29) is 12.5 Å². The van der Waals surface area contributed by atoms with Crippen molar-refractivity contribution in [3.05, 3.63) is 84.7 Å².